The van der Waals surface area contributed by atoms with Crippen molar-refractivity contribution in [3.63, 3.8) is 0 Å². The van der Waals surface area contributed by atoms with E-state index >= 15 is 0 Å². The van der Waals surface area contributed by atoms with Crippen LogP contribution in [0.4, 0.5) is 0 Å². The number of Topliss-reactive ketones (excluding diaryl/α,β-unsaturated/α-hetero) is 1. The van der Waals surface area contributed by atoms with Gasteiger partial charge in [0.2, 0.25) is 0 Å². The fourth-order valence-corrected chi connectivity index (χ4v) is 4.62. The summed E-state index contributed by atoms with van der Waals surface area (Å²) in [5.41, 5.74) is 3.09. The van der Waals surface area contributed by atoms with E-state index < -0.39 is 0 Å². The van der Waals surface area contributed by atoms with Crippen LogP contribution >= 0.6 is 0 Å². The second kappa shape index (κ2) is 13.1. The van der Waals surface area contributed by atoms with Crippen LogP contribution in [0.15, 0.2) is 24.3 Å². The van der Waals surface area contributed by atoms with Crippen LogP contribution in [-0.2, 0) is 17.6 Å². The Morgan fingerprint density at radius 2 is 1.68 bits per heavy atom. The maximum absolute atomic E-state index is 11.2. The molecule has 2 atom stereocenters. The predicted molar refractivity (Wildman–Crippen MR) is 123 cm³/mol. The summed E-state index contributed by atoms with van der Waals surface area (Å²) < 4.78 is 0. The van der Waals surface area contributed by atoms with Gasteiger partial charge in [-0.2, -0.15) is 0 Å². The Morgan fingerprint density at radius 1 is 1.04 bits per heavy atom. The van der Waals surface area contributed by atoms with E-state index in [1.807, 2.05) is 0 Å². The third-order valence-corrected chi connectivity index (χ3v) is 6.55. The van der Waals surface area contributed by atoms with Crippen molar-refractivity contribution in [1.29, 1.82) is 0 Å². The van der Waals surface area contributed by atoms with Crippen molar-refractivity contribution in [2.24, 2.45) is 11.8 Å². The van der Waals surface area contributed by atoms with Crippen LogP contribution in [0.1, 0.15) is 91.1 Å². The molecule has 2 unspecified atom stereocenters. The summed E-state index contributed by atoms with van der Waals surface area (Å²) in [6.45, 7) is 10.3. The van der Waals surface area contributed by atoms with E-state index in [0.717, 1.165) is 31.6 Å². The van der Waals surface area contributed by atoms with Gasteiger partial charge in [0, 0.05) is 7.85 Å². The minimum absolute atomic E-state index is 0. The molecule has 160 valence electrons. The molecule has 2 nitrogen and oxygen atoms in total. The molecule has 2 heteroatoms. The molecule has 28 heavy (non-hydrogen) atoms. The van der Waals surface area contributed by atoms with Crippen molar-refractivity contribution in [2.75, 3.05) is 19.6 Å². The number of rotatable bonds is 12. The molecule has 1 aliphatic heterocycles. The lowest BCUT2D eigenvalue weighted by Crippen LogP contribution is -2.27. The summed E-state index contributed by atoms with van der Waals surface area (Å²) in [4.78, 5) is 13.9. The van der Waals surface area contributed by atoms with Crippen molar-refractivity contribution in [3.05, 3.63) is 35.4 Å². The number of ketones is 1. The molecule has 1 aromatic carbocycles. The molecule has 2 rings (SSSR count). The number of nitrogens with zero attached hydrogens (tertiary/aromatic N) is 1. The standard InChI is InChI=1S/C26H43NO.H2/c1-4-24(16-19-27-17-9-5-6-10-18-27)21-26-15-8-7-14-25(26)20-22(2)12-11-13-23(3)28;/h7-8,14-15,22,24H,4-6,9-13,16-21H2,1-3H3;1H. The Hall–Kier alpha value is -1.15. The number of carbonyl (C=O) groups is 1. The van der Waals surface area contributed by atoms with Gasteiger partial charge >= 0.3 is 0 Å². The van der Waals surface area contributed by atoms with Gasteiger partial charge in [0.15, 0.2) is 0 Å². The molecule has 0 amide bonds. The average Bonchev–Trinajstić information content (AvgIpc) is 2.95. The second-order valence-corrected chi connectivity index (χ2v) is 9.20. The van der Waals surface area contributed by atoms with E-state index in [1.54, 1.807) is 12.5 Å². The average molecular weight is 388 g/mol. The zero-order valence-corrected chi connectivity index (χ0v) is 18.7. The van der Waals surface area contributed by atoms with Crippen LogP contribution in [0.2, 0.25) is 0 Å². The quantitative estimate of drug-likeness (QED) is 0.397. The number of likely N-dealkylation sites (tertiary alicyclic amines) is 1. The first-order valence-corrected chi connectivity index (χ1v) is 11.9. The number of benzene rings is 1. The van der Waals surface area contributed by atoms with Gasteiger partial charge in [-0.25, -0.2) is 0 Å². The topological polar surface area (TPSA) is 20.3 Å². The minimum Gasteiger partial charge on any atom is -0.303 e. The van der Waals surface area contributed by atoms with Gasteiger partial charge in [0.05, 0.1) is 0 Å². The van der Waals surface area contributed by atoms with E-state index in [0.29, 0.717) is 11.7 Å². The van der Waals surface area contributed by atoms with Gasteiger partial charge < -0.3 is 9.69 Å². The maximum atomic E-state index is 11.2. The summed E-state index contributed by atoms with van der Waals surface area (Å²) in [7, 11) is 0. The van der Waals surface area contributed by atoms with Crippen LogP contribution in [-0.4, -0.2) is 30.3 Å². The normalized spacial score (nSPS) is 17.8. The van der Waals surface area contributed by atoms with Gasteiger partial charge in [0.1, 0.15) is 5.78 Å². The molecule has 0 bridgehead atoms. The van der Waals surface area contributed by atoms with Crippen molar-refractivity contribution in [2.45, 2.75) is 91.4 Å². The number of hydrogen-bond donors (Lipinski definition) is 0. The molecule has 0 spiro atoms. The molecule has 0 N–H and O–H groups in total. The minimum atomic E-state index is 0. The molecule has 1 fully saturated rings. The summed E-state index contributed by atoms with van der Waals surface area (Å²) in [6, 6.07) is 9.09. The predicted octanol–water partition coefficient (Wildman–Crippen LogP) is 6.71. The van der Waals surface area contributed by atoms with E-state index in [2.05, 4.69) is 43.0 Å². The maximum Gasteiger partial charge on any atom is 0.129 e. The van der Waals surface area contributed by atoms with Crippen LogP contribution in [0, 0.1) is 11.8 Å². The van der Waals surface area contributed by atoms with E-state index in [4.69, 9.17) is 0 Å². The van der Waals surface area contributed by atoms with E-state index in [9.17, 15) is 4.79 Å². The number of hydrogen-bond acceptors (Lipinski definition) is 2. The molecule has 0 radical (unpaired) electrons. The van der Waals surface area contributed by atoms with Gasteiger partial charge in [-0.15, -0.1) is 0 Å². The third kappa shape index (κ3) is 8.90. The molecule has 1 aromatic rings. The lowest BCUT2D eigenvalue weighted by atomic mass is 9.87. The van der Waals surface area contributed by atoms with Crippen molar-refractivity contribution in [3.8, 4) is 0 Å². The molecule has 0 saturated carbocycles. The fourth-order valence-electron chi connectivity index (χ4n) is 4.62. The fraction of sp³-hybridized carbons (Fsp3) is 0.731. The van der Waals surface area contributed by atoms with Crippen LogP contribution in [0.5, 0.6) is 0 Å². The highest BCUT2D eigenvalue weighted by Crippen LogP contribution is 2.23. The summed E-state index contributed by atoms with van der Waals surface area (Å²) in [5.74, 6) is 1.76. The summed E-state index contributed by atoms with van der Waals surface area (Å²) in [6.07, 6.45) is 13.5. The first-order chi connectivity index (χ1) is 13.6. The van der Waals surface area contributed by atoms with E-state index in [-0.39, 0.29) is 1.43 Å². The third-order valence-electron chi connectivity index (χ3n) is 6.55. The van der Waals surface area contributed by atoms with Crippen molar-refractivity contribution < 1.29 is 6.22 Å². The molecule has 1 saturated heterocycles. The second-order valence-electron chi connectivity index (χ2n) is 9.20. The molecule has 1 aliphatic rings. The van der Waals surface area contributed by atoms with E-state index in [1.165, 1.54) is 70.1 Å². The smallest absolute Gasteiger partial charge is 0.129 e. The van der Waals surface area contributed by atoms with Crippen molar-refractivity contribution >= 4 is 5.78 Å². The Kier molecular flexibility index (Phi) is 10.9. The highest BCUT2D eigenvalue weighted by Gasteiger charge is 2.15. The largest absolute Gasteiger partial charge is 0.303 e. The summed E-state index contributed by atoms with van der Waals surface area (Å²) >= 11 is 0. The van der Waals surface area contributed by atoms with Gasteiger partial charge in [0.25, 0.3) is 0 Å². The van der Waals surface area contributed by atoms with Crippen LogP contribution in [0.25, 0.3) is 0 Å². The first kappa shape index (κ1) is 23.1. The highest BCUT2D eigenvalue weighted by molar-refractivity contribution is 5.75. The van der Waals surface area contributed by atoms with Crippen LogP contribution in [0.3, 0.4) is 0 Å². The Labute approximate surface area is 175 Å². The molecule has 0 aliphatic carbocycles. The molecule has 0 aromatic heterocycles. The zero-order chi connectivity index (χ0) is 20.2. The lowest BCUT2D eigenvalue weighted by molar-refractivity contribution is -0.117. The Balaban J connectivity index is 0.00000420. The molecule has 1 heterocycles. The van der Waals surface area contributed by atoms with Gasteiger partial charge in [-0.05, 0) is 94.5 Å². The van der Waals surface area contributed by atoms with Gasteiger partial charge in [-0.1, -0.05) is 57.4 Å². The SMILES string of the molecule is CCC(CCN1CCCCCC1)Cc1ccccc1CC(C)CCCC(C)=O.[HH]. The van der Waals surface area contributed by atoms with Crippen molar-refractivity contribution in [1.82, 2.24) is 4.90 Å². The molecular formula is C26H45NO. The highest BCUT2D eigenvalue weighted by atomic mass is 16.1. The lowest BCUT2D eigenvalue weighted by Gasteiger charge is -2.24. The monoisotopic (exact) mass is 387 g/mol. The zero-order valence-electron chi connectivity index (χ0n) is 18.7. The molecular weight excluding hydrogens is 342 g/mol. The van der Waals surface area contributed by atoms with Gasteiger partial charge in [-0.3, -0.25) is 0 Å². The number of carbonyl (C=O) groups excluding carboxylic acids is 1. The van der Waals surface area contributed by atoms with Crippen LogP contribution < -0.4 is 0 Å². The Bertz CT molecular complexity index is 566. The summed E-state index contributed by atoms with van der Waals surface area (Å²) in [5, 5.41) is 0. The first-order valence-electron chi connectivity index (χ1n) is 11.9. The Morgan fingerprint density at radius 3 is 2.29 bits per heavy atom.